The number of nitrogens with one attached hydrogen (secondary N) is 1. The zero-order valence-electron chi connectivity index (χ0n) is 26.0. The molecule has 3 heterocycles. The molecule has 12 nitrogen and oxygen atoms in total. The summed E-state index contributed by atoms with van der Waals surface area (Å²) in [6.07, 6.45) is 2.89. The van der Waals surface area contributed by atoms with Gasteiger partial charge in [-0.3, -0.25) is 9.32 Å². The summed E-state index contributed by atoms with van der Waals surface area (Å²) >= 11 is 0. The number of ether oxygens (including phenoxy) is 2. The van der Waals surface area contributed by atoms with Crippen molar-refractivity contribution in [3.63, 3.8) is 0 Å². The van der Waals surface area contributed by atoms with Crippen molar-refractivity contribution in [2.75, 3.05) is 25.1 Å². The van der Waals surface area contributed by atoms with Crippen LogP contribution in [0.25, 0.3) is 11.2 Å². The third kappa shape index (κ3) is 7.48. The van der Waals surface area contributed by atoms with Crippen LogP contribution in [0.1, 0.15) is 73.3 Å². The van der Waals surface area contributed by atoms with Gasteiger partial charge in [0.25, 0.3) is 14.4 Å². The number of pyridine rings is 1. The van der Waals surface area contributed by atoms with Crippen molar-refractivity contribution in [3.05, 3.63) is 42.1 Å². The van der Waals surface area contributed by atoms with Gasteiger partial charge in [0.05, 0.1) is 25.0 Å². The lowest BCUT2D eigenvalue weighted by molar-refractivity contribution is -0.118. The minimum atomic E-state index is -2.12. The second-order valence-electron chi connectivity index (χ2n) is 12.6. The third-order valence-corrected chi connectivity index (χ3v) is 9.32. The van der Waals surface area contributed by atoms with Crippen LogP contribution < -0.4 is 10.1 Å². The molecule has 0 aliphatic carbocycles. The highest BCUT2D eigenvalue weighted by Gasteiger charge is 2.47. The first-order chi connectivity index (χ1) is 20.3. The monoisotopic (exact) mass is 611 g/mol. The summed E-state index contributed by atoms with van der Waals surface area (Å²) < 4.78 is 21.3. The van der Waals surface area contributed by atoms with E-state index in [4.69, 9.17) is 19.3 Å². The summed E-state index contributed by atoms with van der Waals surface area (Å²) in [5.41, 5.74) is 0.718. The van der Waals surface area contributed by atoms with E-state index in [1.54, 1.807) is 12.3 Å². The van der Waals surface area contributed by atoms with E-state index in [2.05, 4.69) is 47.5 Å². The predicted molar refractivity (Wildman–Crippen MR) is 164 cm³/mol. The van der Waals surface area contributed by atoms with E-state index < -0.39 is 19.8 Å². The van der Waals surface area contributed by atoms with Crippen LogP contribution in [0.4, 0.5) is 5.69 Å². The van der Waals surface area contributed by atoms with Gasteiger partial charge in [0, 0.05) is 30.6 Å². The zero-order chi connectivity index (χ0) is 31.4. The van der Waals surface area contributed by atoms with Crippen molar-refractivity contribution >= 4 is 31.3 Å². The zero-order valence-corrected chi connectivity index (χ0v) is 26.9. The summed E-state index contributed by atoms with van der Waals surface area (Å²) in [4.78, 5) is 28.8. The van der Waals surface area contributed by atoms with Gasteiger partial charge in [-0.25, -0.2) is 9.65 Å². The van der Waals surface area contributed by atoms with Gasteiger partial charge in [-0.1, -0.05) is 38.1 Å². The Kier molecular flexibility index (Phi) is 10.0. The molecule has 0 spiro atoms. The van der Waals surface area contributed by atoms with E-state index in [0.29, 0.717) is 48.5 Å². The number of carbonyl (C=O) groups is 1. The van der Waals surface area contributed by atoms with Crippen LogP contribution in [0.15, 0.2) is 36.5 Å². The van der Waals surface area contributed by atoms with Crippen LogP contribution in [0, 0.1) is 11.3 Å². The first-order valence-corrected chi connectivity index (χ1v) is 15.6. The summed E-state index contributed by atoms with van der Waals surface area (Å²) in [6, 6.07) is 11.5. The molecule has 13 heteroatoms. The highest BCUT2D eigenvalue weighted by molar-refractivity contribution is 7.43. The molecule has 2 aromatic heterocycles. The maximum atomic E-state index is 12.8. The lowest BCUT2D eigenvalue weighted by atomic mass is 9.87. The summed E-state index contributed by atoms with van der Waals surface area (Å²) in [7, 11) is -2.12. The van der Waals surface area contributed by atoms with Gasteiger partial charge in [0.15, 0.2) is 23.5 Å². The van der Waals surface area contributed by atoms with Gasteiger partial charge < -0.3 is 19.7 Å². The molecule has 2 N–H and O–H groups in total. The number of amides is 1. The molecule has 1 saturated heterocycles. The second-order valence-corrected chi connectivity index (χ2v) is 13.8. The number of anilines is 1. The quantitative estimate of drug-likeness (QED) is 0.261. The molecule has 232 valence electrons. The van der Waals surface area contributed by atoms with Crippen molar-refractivity contribution in [3.8, 4) is 11.8 Å². The molecule has 1 amide bonds. The Labute approximate surface area is 254 Å². The molecule has 1 fully saturated rings. The molecule has 1 aliphatic heterocycles. The molecule has 0 saturated carbocycles. The van der Waals surface area contributed by atoms with E-state index in [0.717, 1.165) is 0 Å². The maximum absolute atomic E-state index is 12.8. The van der Waals surface area contributed by atoms with Crippen molar-refractivity contribution in [1.29, 1.82) is 5.26 Å². The lowest BCUT2D eigenvalue weighted by Gasteiger charge is -2.44. The molecular weight excluding hydrogens is 569 g/mol. The number of benzene rings is 1. The van der Waals surface area contributed by atoms with Gasteiger partial charge in [-0.15, -0.1) is 5.10 Å². The third-order valence-electron chi connectivity index (χ3n) is 7.45. The summed E-state index contributed by atoms with van der Waals surface area (Å²) in [5, 5.41) is 20.7. The molecule has 1 aromatic carbocycles. The van der Waals surface area contributed by atoms with Crippen molar-refractivity contribution in [2.24, 2.45) is 0 Å². The fourth-order valence-electron chi connectivity index (χ4n) is 5.20. The molecule has 2 atom stereocenters. The van der Waals surface area contributed by atoms with E-state index in [-0.39, 0.29) is 30.6 Å². The smallest absolute Gasteiger partial charge is 0.262 e. The van der Waals surface area contributed by atoms with Crippen LogP contribution in [0.3, 0.4) is 0 Å². The Morgan fingerprint density at radius 1 is 1.26 bits per heavy atom. The van der Waals surface area contributed by atoms with Crippen LogP contribution in [-0.2, 0) is 25.2 Å². The number of hydrogen-bond donors (Lipinski definition) is 2. The molecule has 2 unspecified atom stereocenters. The summed E-state index contributed by atoms with van der Waals surface area (Å²) in [5.74, 6) is 0.240. The van der Waals surface area contributed by atoms with E-state index >= 15 is 0 Å². The first-order valence-electron chi connectivity index (χ1n) is 14.4. The fraction of sp³-hybridized carbons (Fsp3) is 0.567. The van der Waals surface area contributed by atoms with Crippen molar-refractivity contribution in [2.45, 2.75) is 90.4 Å². The van der Waals surface area contributed by atoms with Gasteiger partial charge >= 0.3 is 0 Å². The first kappa shape index (κ1) is 32.7. The van der Waals surface area contributed by atoms with E-state index in [1.807, 2.05) is 56.6 Å². The molecule has 0 bridgehead atoms. The Morgan fingerprint density at radius 3 is 2.58 bits per heavy atom. The Balaban J connectivity index is 1.52. The number of rotatable bonds is 12. The number of hydrogen-bond acceptors (Lipinski definition) is 10. The molecule has 1 aliphatic rings. The minimum Gasteiger partial charge on any atom is -0.484 e. The highest BCUT2D eigenvalue weighted by Crippen LogP contribution is 2.51. The average Bonchev–Trinajstić information content (AvgIpc) is 3.59. The second kappa shape index (κ2) is 13.2. The Bertz CT molecular complexity index is 1440. The standard InChI is InChI=1S/C30H42N7O5P/c1-21(2)37(29(6,7)14-8-16-31)43(39)42-30(15-18-40-20-30)36-27-26(34-35-36)24(13-17-32-27)33-25(38)19-41-23-11-9-22(10-12-23)28(3,4)5/h9-13,17,21,39H,8,14-15,18-20H2,1-7H3,(H,32,33,38). The van der Waals surface area contributed by atoms with Crippen molar-refractivity contribution < 1.29 is 23.7 Å². The summed E-state index contributed by atoms with van der Waals surface area (Å²) in [6.45, 7) is 14.7. The van der Waals surface area contributed by atoms with Gasteiger partial charge in [-0.2, -0.15) is 9.94 Å². The van der Waals surface area contributed by atoms with Gasteiger partial charge in [-0.05, 0) is 63.3 Å². The number of nitriles is 1. The number of aromatic nitrogens is 4. The van der Waals surface area contributed by atoms with Crippen molar-refractivity contribution in [1.82, 2.24) is 24.6 Å². The SMILES string of the molecule is CC(C)N(P(O)OC1(n2nnc3c(NC(=O)COc4ccc(C(C)(C)C)cc4)ccnc32)CCOC1)C(C)(C)CCC#N. The average molecular weight is 612 g/mol. The van der Waals surface area contributed by atoms with E-state index in [9.17, 15) is 9.69 Å². The normalized spacial score (nSPS) is 18.3. The molecular formula is C30H42N7O5P. The van der Waals surface area contributed by atoms with Crippen LogP contribution >= 0.6 is 8.53 Å². The van der Waals surface area contributed by atoms with Gasteiger partial charge in [0.2, 0.25) is 0 Å². The number of nitrogens with zero attached hydrogens (tertiary/aromatic N) is 6. The maximum Gasteiger partial charge on any atom is 0.262 e. The highest BCUT2D eigenvalue weighted by atomic mass is 31.2. The Morgan fingerprint density at radius 2 is 1.98 bits per heavy atom. The Hall–Kier alpha value is -3.20. The molecule has 3 aromatic rings. The van der Waals surface area contributed by atoms with E-state index in [1.165, 1.54) is 10.2 Å². The molecule has 0 radical (unpaired) electrons. The minimum absolute atomic E-state index is 0.0236. The number of carbonyl (C=O) groups excluding carboxylic acids is 1. The fourth-order valence-corrected chi connectivity index (χ4v) is 6.78. The largest absolute Gasteiger partial charge is 0.484 e. The van der Waals surface area contributed by atoms with Crippen LogP contribution in [0.5, 0.6) is 5.75 Å². The topological polar surface area (TPSA) is 148 Å². The lowest BCUT2D eigenvalue weighted by Crippen LogP contribution is -2.47. The van der Waals surface area contributed by atoms with Crippen LogP contribution in [0.2, 0.25) is 0 Å². The number of fused-ring (bicyclic) bond motifs is 1. The molecule has 4 rings (SSSR count). The predicted octanol–water partition coefficient (Wildman–Crippen LogP) is 5.24. The van der Waals surface area contributed by atoms with Gasteiger partial charge in [0.1, 0.15) is 5.75 Å². The molecule has 43 heavy (non-hydrogen) atoms. The van der Waals surface area contributed by atoms with Crippen LogP contribution in [-0.4, -0.2) is 66.9 Å².